The molecule has 2 aromatic carbocycles. The summed E-state index contributed by atoms with van der Waals surface area (Å²) in [5.74, 6) is 1.74. The minimum atomic E-state index is -0.776. The lowest BCUT2D eigenvalue weighted by molar-refractivity contribution is -0.128. The third-order valence-electron chi connectivity index (χ3n) is 7.78. The Bertz CT molecular complexity index is 998. The molecule has 2 rings (SSSR count). The number of aliphatic hydroxyl groups is 1. The average Bonchev–Trinajstić information content (AvgIpc) is 2.93. The quantitative estimate of drug-likeness (QED) is 0.208. The summed E-state index contributed by atoms with van der Waals surface area (Å²) < 4.78 is 16.6. The molecule has 0 unspecified atom stereocenters. The molecule has 0 aliphatic heterocycles. The van der Waals surface area contributed by atoms with E-state index in [0.29, 0.717) is 37.7 Å². The fourth-order valence-corrected chi connectivity index (χ4v) is 5.01. The minimum absolute atomic E-state index is 0.0470. The largest absolute Gasteiger partial charge is 0.493 e. The minimum Gasteiger partial charge on any atom is -0.493 e. The van der Waals surface area contributed by atoms with Crippen LogP contribution >= 0.6 is 0 Å². The molecule has 40 heavy (non-hydrogen) atoms. The Balaban J connectivity index is 2.03. The van der Waals surface area contributed by atoms with Gasteiger partial charge in [0.25, 0.3) is 0 Å². The second kappa shape index (κ2) is 17.3. The van der Waals surface area contributed by atoms with Gasteiger partial charge >= 0.3 is 0 Å². The van der Waals surface area contributed by atoms with Gasteiger partial charge in [0.05, 0.1) is 25.9 Å². The van der Waals surface area contributed by atoms with Crippen LogP contribution < -0.4 is 20.5 Å². The van der Waals surface area contributed by atoms with Crippen molar-refractivity contribution in [2.24, 2.45) is 29.4 Å². The van der Waals surface area contributed by atoms with Crippen molar-refractivity contribution in [2.45, 2.75) is 78.5 Å². The van der Waals surface area contributed by atoms with Gasteiger partial charge < -0.3 is 30.4 Å². The zero-order valence-electron chi connectivity index (χ0n) is 25.6. The van der Waals surface area contributed by atoms with Crippen molar-refractivity contribution in [2.75, 3.05) is 27.4 Å². The molecule has 0 saturated heterocycles. The second-order valence-electron chi connectivity index (χ2n) is 11.6. The lowest BCUT2D eigenvalue weighted by Crippen LogP contribution is -2.43. The van der Waals surface area contributed by atoms with Gasteiger partial charge in [0.2, 0.25) is 5.91 Å². The van der Waals surface area contributed by atoms with Crippen LogP contribution in [0.3, 0.4) is 0 Å². The molecule has 0 fully saturated rings. The molecule has 0 bridgehead atoms. The first-order chi connectivity index (χ1) is 19.1. The first-order valence-corrected chi connectivity index (χ1v) is 14.6. The maximum absolute atomic E-state index is 13.2. The summed E-state index contributed by atoms with van der Waals surface area (Å²) in [5.41, 5.74) is 8.77. The van der Waals surface area contributed by atoms with E-state index < -0.39 is 12.1 Å². The Morgan fingerprint density at radius 3 is 2.23 bits per heavy atom. The molecule has 2 aromatic rings. The van der Waals surface area contributed by atoms with Gasteiger partial charge in [-0.25, -0.2) is 0 Å². The number of benzene rings is 2. The number of nitrogens with two attached hydrogens (primary N) is 1. The van der Waals surface area contributed by atoms with Crippen molar-refractivity contribution in [3.63, 3.8) is 0 Å². The summed E-state index contributed by atoms with van der Waals surface area (Å²) in [6, 6.07) is 15.4. The SMILES string of the molecule is COCCCOc1cc(C[C@@H](C[C@H](N)[C@@H](O)C[C@H](C(=O)N[C@H](C)c2ccccc2)C(C)C)C(C)C)ccc1OC. The molecule has 1 amide bonds. The highest BCUT2D eigenvalue weighted by molar-refractivity contribution is 5.79. The third-order valence-corrected chi connectivity index (χ3v) is 7.78. The number of nitrogens with one attached hydrogen (secondary N) is 1. The molecule has 224 valence electrons. The van der Waals surface area contributed by atoms with Crippen LogP contribution in [0.5, 0.6) is 11.5 Å². The van der Waals surface area contributed by atoms with E-state index in [9.17, 15) is 9.90 Å². The van der Waals surface area contributed by atoms with Crippen LogP contribution in [0.25, 0.3) is 0 Å². The Morgan fingerprint density at radius 2 is 1.62 bits per heavy atom. The first-order valence-electron chi connectivity index (χ1n) is 14.6. The van der Waals surface area contributed by atoms with Crippen molar-refractivity contribution in [1.29, 1.82) is 0 Å². The topological polar surface area (TPSA) is 103 Å². The monoisotopic (exact) mass is 556 g/mol. The number of carbonyl (C=O) groups is 1. The van der Waals surface area contributed by atoms with Crippen LogP contribution in [0.2, 0.25) is 0 Å². The number of ether oxygens (including phenoxy) is 3. The summed E-state index contributed by atoms with van der Waals surface area (Å²) >= 11 is 0. The normalized spacial score (nSPS) is 15.4. The van der Waals surface area contributed by atoms with Crippen LogP contribution in [0, 0.1) is 23.7 Å². The molecular weight excluding hydrogens is 504 g/mol. The summed E-state index contributed by atoms with van der Waals surface area (Å²) in [6.07, 6.45) is 1.81. The predicted molar refractivity (Wildman–Crippen MR) is 162 cm³/mol. The molecule has 7 heteroatoms. The number of rotatable bonds is 18. The van der Waals surface area contributed by atoms with Gasteiger partial charge in [-0.3, -0.25) is 4.79 Å². The summed E-state index contributed by atoms with van der Waals surface area (Å²) in [7, 11) is 3.32. The molecule has 0 aliphatic carbocycles. The van der Waals surface area contributed by atoms with Gasteiger partial charge in [0.1, 0.15) is 0 Å². The third kappa shape index (κ3) is 10.8. The highest BCUT2D eigenvalue weighted by atomic mass is 16.5. The molecule has 0 aliphatic rings. The molecule has 7 nitrogen and oxygen atoms in total. The highest BCUT2D eigenvalue weighted by Gasteiger charge is 2.30. The van der Waals surface area contributed by atoms with Crippen molar-refractivity contribution in [3.8, 4) is 11.5 Å². The van der Waals surface area contributed by atoms with Crippen molar-refractivity contribution >= 4 is 5.91 Å². The van der Waals surface area contributed by atoms with Crippen molar-refractivity contribution < 1.29 is 24.1 Å². The summed E-state index contributed by atoms with van der Waals surface area (Å²) in [5, 5.41) is 14.3. The fourth-order valence-electron chi connectivity index (χ4n) is 5.01. The highest BCUT2D eigenvalue weighted by Crippen LogP contribution is 2.32. The molecule has 0 spiro atoms. The number of hydrogen-bond acceptors (Lipinski definition) is 6. The van der Waals surface area contributed by atoms with Gasteiger partial charge in [-0.15, -0.1) is 0 Å². The fraction of sp³-hybridized carbons (Fsp3) is 0.606. The molecule has 5 atom stereocenters. The maximum atomic E-state index is 13.2. The van der Waals surface area contributed by atoms with Crippen LogP contribution in [0.4, 0.5) is 0 Å². The Kier molecular flexibility index (Phi) is 14.5. The molecule has 0 aromatic heterocycles. The lowest BCUT2D eigenvalue weighted by atomic mass is 9.80. The molecule has 4 N–H and O–H groups in total. The van der Waals surface area contributed by atoms with E-state index in [1.807, 2.05) is 63.2 Å². The molecular formula is C33H52N2O5. The number of carbonyl (C=O) groups excluding carboxylic acids is 1. The van der Waals surface area contributed by atoms with E-state index >= 15 is 0 Å². The molecule has 0 saturated carbocycles. The van der Waals surface area contributed by atoms with Gasteiger partial charge in [0.15, 0.2) is 11.5 Å². The zero-order chi connectivity index (χ0) is 29.7. The van der Waals surface area contributed by atoms with Crippen LogP contribution in [0.15, 0.2) is 48.5 Å². The Morgan fingerprint density at radius 1 is 0.925 bits per heavy atom. The maximum Gasteiger partial charge on any atom is 0.223 e. The van der Waals surface area contributed by atoms with Crippen LogP contribution in [-0.2, 0) is 16.0 Å². The van der Waals surface area contributed by atoms with Gasteiger partial charge in [-0.05, 0) is 67.2 Å². The lowest BCUT2D eigenvalue weighted by Gasteiger charge is -2.30. The Hall–Kier alpha value is -2.61. The zero-order valence-corrected chi connectivity index (χ0v) is 25.6. The van der Waals surface area contributed by atoms with E-state index in [0.717, 1.165) is 29.7 Å². The molecule has 0 radical (unpaired) electrons. The first kappa shape index (κ1) is 33.6. The number of hydrogen-bond donors (Lipinski definition) is 3. The summed E-state index contributed by atoms with van der Waals surface area (Å²) in [6.45, 7) is 11.6. The van der Waals surface area contributed by atoms with E-state index in [1.165, 1.54) is 0 Å². The number of aliphatic hydroxyl groups excluding tert-OH is 1. The number of amides is 1. The van der Waals surface area contributed by atoms with Gasteiger partial charge in [-0.2, -0.15) is 0 Å². The average molecular weight is 557 g/mol. The standard InChI is InChI=1S/C33H52N2O5/c1-22(2)27(18-25-14-15-31(39-7)32(19-25)40-17-11-16-38-6)20-29(34)30(36)21-28(23(3)4)33(37)35-24(5)26-12-9-8-10-13-26/h8-10,12-15,19,22-24,27-30,36H,11,16-18,20-21,34H2,1-7H3,(H,35,37)/t24-,27+,28+,29+,30+/m1/s1. The van der Waals surface area contributed by atoms with Crippen molar-refractivity contribution in [3.05, 3.63) is 59.7 Å². The van der Waals surface area contributed by atoms with Crippen molar-refractivity contribution in [1.82, 2.24) is 5.32 Å². The van der Waals surface area contributed by atoms with E-state index in [1.54, 1.807) is 14.2 Å². The summed E-state index contributed by atoms with van der Waals surface area (Å²) in [4.78, 5) is 13.2. The van der Waals surface area contributed by atoms with E-state index in [4.69, 9.17) is 19.9 Å². The van der Waals surface area contributed by atoms with Crippen LogP contribution in [-0.4, -0.2) is 50.6 Å². The van der Waals surface area contributed by atoms with Gasteiger partial charge in [0, 0.05) is 32.1 Å². The van der Waals surface area contributed by atoms with Gasteiger partial charge in [-0.1, -0.05) is 64.1 Å². The smallest absolute Gasteiger partial charge is 0.223 e. The van der Waals surface area contributed by atoms with E-state index in [2.05, 4.69) is 25.2 Å². The number of methoxy groups -OCH3 is 2. The van der Waals surface area contributed by atoms with Crippen LogP contribution in [0.1, 0.15) is 71.0 Å². The van der Waals surface area contributed by atoms with E-state index in [-0.39, 0.29) is 29.7 Å². The predicted octanol–water partition coefficient (Wildman–Crippen LogP) is 5.54. The Labute approximate surface area is 241 Å². The molecule has 0 heterocycles. The second-order valence-corrected chi connectivity index (χ2v) is 11.6.